The Morgan fingerprint density at radius 2 is 1.80 bits per heavy atom. The van der Waals surface area contributed by atoms with Crippen molar-refractivity contribution in [2.24, 2.45) is 0 Å². The minimum absolute atomic E-state index is 0.200. The quantitative estimate of drug-likeness (QED) is 0.503. The summed E-state index contributed by atoms with van der Waals surface area (Å²) in [7, 11) is 0. The molecule has 3 aromatic rings. The van der Waals surface area contributed by atoms with E-state index in [4.69, 9.17) is 0 Å². The molecule has 1 aliphatic carbocycles. The number of aromatic amines is 1. The van der Waals surface area contributed by atoms with Gasteiger partial charge in [0.25, 0.3) is 11.8 Å². The Morgan fingerprint density at radius 3 is 2.60 bits per heavy atom. The van der Waals surface area contributed by atoms with Crippen molar-refractivity contribution in [3.8, 4) is 0 Å². The molecule has 8 nitrogen and oxygen atoms in total. The predicted molar refractivity (Wildman–Crippen MR) is 130 cm³/mol. The maximum atomic E-state index is 13.4. The first kappa shape index (κ1) is 21.6. The number of benzene rings is 2. The second kappa shape index (κ2) is 8.37. The number of hydrogen-bond acceptors (Lipinski definition) is 4. The molecule has 3 N–H and O–H groups in total. The number of rotatable bonds is 4. The van der Waals surface area contributed by atoms with Crippen molar-refractivity contribution in [3.05, 3.63) is 64.8 Å². The Kier molecular flexibility index (Phi) is 5.16. The highest BCUT2D eigenvalue weighted by Crippen LogP contribution is 2.40. The molecular formula is C27H26N4O4. The van der Waals surface area contributed by atoms with Crippen LogP contribution in [0.4, 0.5) is 5.69 Å². The summed E-state index contributed by atoms with van der Waals surface area (Å²) in [5.41, 5.74) is 4.52. The van der Waals surface area contributed by atoms with E-state index >= 15 is 0 Å². The van der Waals surface area contributed by atoms with E-state index < -0.39 is 11.9 Å². The number of nitrogens with zero attached hydrogens (tertiary/aromatic N) is 1. The van der Waals surface area contributed by atoms with E-state index in [1.807, 2.05) is 18.2 Å². The van der Waals surface area contributed by atoms with Gasteiger partial charge in [0.1, 0.15) is 11.7 Å². The zero-order chi connectivity index (χ0) is 24.1. The molecule has 178 valence electrons. The minimum Gasteiger partial charge on any atom is -0.350 e. The number of amides is 4. The fourth-order valence-electron chi connectivity index (χ4n) is 5.83. The fourth-order valence-corrected chi connectivity index (χ4v) is 5.83. The molecule has 1 aromatic heterocycles. The average molecular weight is 471 g/mol. The molecule has 6 rings (SSSR count). The highest BCUT2D eigenvalue weighted by molar-refractivity contribution is 6.09. The van der Waals surface area contributed by atoms with Crippen molar-refractivity contribution in [1.29, 1.82) is 0 Å². The maximum absolute atomic E-state index is 13.4. The summed E-state index contributed by atoms with van der Waals surface area (Å²) < 4.78 is 0. The first-order valence-electron chi connectivity index (χ1n) is 12.2. The molecule has 0 spiro atoms. The van der Waals surface area contributed by atoms with Crippen molar-refractivity contribution in [2.45, 2.75) is 57.0 Å². The molecule has 1 saturated carbocycles. The Morgan fingerprint density at radius 1 is 1.00 bits per heavy atom. The van der Waals surface area contributed by atoms with Crippen LogP contribution in [0.5, 0.6) is 0 Å². The minimum atomic E-state index is -0.661. The van der Waals surface area contributed by atoms with E-state index in [2.05, 4.69) is 21.7 Å². The van der Waals surface area contributed by atoms with Gasteiger partial charge in [-0.2, -0.15) is 0 Å². The third-order valence-electron chi connectivity index (χ3n) is 7.52. The lowest BCUT2D eigenvalue weighted by molar-refractivity contribution is -0.136. The monoisotopic (exact) mass is 470 g/mol. The number of nitrogens with one attached hydrogen (secondary N) is 3. The molecule has 0 radical (unpaired) electrons. The molecule has 4 amide bonds. The number of imide groups is 1. The standard InChI is InChI=1S/C27H26N4O4/c32-22-12-11-21(25(33)30-22)31-14-16-13-17(9-10-18(16)27(31)35)28-26(34)24-23(15-5-1-2-6-15)19-7-3-4-8-20(19)29-24/h3-4,7-10,13,15,21,29H,1-2,5-6,11-12,14H2,(H,28,34)(H,30,32,33). The summed E-state index contributed by atoms with van der Waals surface area (Å²) in [5, 5.41) is 6.43. The number of anilines is 1. The second-order valence-corrected chi connectivity index (χ2v) is 9.67. The number of piperidine rings is 1. The molecule has 1 atom stereocenters. The second-order valence-electron chi connectivity index (χ2n) is 9.67. The van der Waals surface area contributed by atoms with Crippen LogP contribution in [-0.2, 0) is 16.1 Å². The van der Waals surface area contributed by atoms with E-state index in [1.54, 1.807) is 18.2 Å². The lowest BCUT2D eigenvalue weighted by Crippen LogP contribution is -2.52. The molecule has 35 heavy (non-hydrogen) atoms. The smallest absolute Gasteiger partial charge is 0.272 e. The Balaban J connectivity index is 1.25. The average Bonchev–Trinajstić information content (AvgIpc) is 3.57. The van der Waals surface area contributed by atoms with Crippen molar-refractivity contribution in [1.82, 2.24) is 15.2 Å². The van der Waals surface area contributed by atoms with Gasteiger partial charge in [-0.25, -0.2) is 0 Å². The Hall–Kier alpha value is -3.94. The molecule has 1 saturated heterocycles. The summed E-state index contributed by atoms with van der Waals surface area (Å²) in [6, 6.07) is 12.6. The molecular weight excluding hydrogens is 444 g/mol. The van der Waals surface area contributed by atoms with Gasteiger partial charge in [0.2, 0.25) is 11.8 Å². The van der Waals surface area contributed by atoms with Gasteiger partial charge in [-0.1, -0.05) is 31.0 Å². The number of aromatic nitrogens is 1. The fraction of sp³-hybridized carbons (Fsp3) is 0.333. The van der Waals surface area contributed by atoms with Crippen molar-refractivity contribution in [2.75, 3.05) is 5.32 Å². The Labute approximate surface area is 202 Å². The first-order valence-corrected chi connectivity index (χ1v) is 12.2. The number of H-pyrrole nitrogens is 1. The van der Waals surface area contributed by atoms with Gasteiger partial charge >= 0.3 is 0 Å². The van der Waals surface area contributed by atoms with Gasteiger partial charge in [-0.15, -0.1) is 0 Å². The summed E-state index contributed by atoms with van der Waals surface area (Å²) >= 11 is 0. The molecule has 0 bridgehead atoms. The van der Waals surface area contributed by atoms with Crippen molar-refractivity contribution >= 4 is 40.2 Å². The molecule has 2 fully saturated rings. The molecule has 3 aliphatic rings. The van der Waals surface area contributed by atoms with Crippen LogP contribution in [0, 0.1) is 0 Å². The van der Waals surface area contributed by atoms with Crippen LogP contribution < -0.4 is 10.6 Å². The van der Waals surface area contributed by atoms with Crippen molar-refractivity contribution < 1.29 is 19.2 Å². The lowest BCUT2D eigenvalue weighted by atomic mass is 9.94. The van der Waals surface area contributed by atoms with Crippen LogP contribution >= 0.6 is 0 Å². The number of hydrogen-bond donors (Lipinski definition) is 3. The van der Waals surface area contributed by atoms with Gasteiger partial charge in [0.05, 0.1) is 0 Å². The van der Waals surface area contributed by atoms with Gasteiger partial charge in [0.15, 0.2) is 0 Å². The van der Waals surface area contributed by atoms with E-state index in [0.29, 0.717) is 29.3 Å². The number of carbonyl (C=O) groups is 4. The Bertz CT molecular complexity index is 1390. The zero-order valence-electron chi connectivity index (χ0n) is 19.2. The highest BCUT2D eigenvalue weighted by atomic mass is 16.2. The van der Waals surface area contributed by atoms with E-state index in [-0.39, 0.29) is 30.7 Å². The number of carbonyl (C=O) groups excluding carboxylic acids is 4. The predicted octanol–water partition coefficient (Wildman–Crippen LogP) is 3.84. The van der Waals surface area contributed by atoms with Gasteiger partial charge in [-0.3, -0.25) is 24.5 Å². The molecule has 1 unspecified atom stereocenters. The summed E-state index contributed by atoms with van der Waals surface area (Å²) in [4.78, 5) is 55.0. The number of para-hydroxylation sites is 1. The van der Waals surface area contributed by atoms with Crippen molar-refractivity contribution in [3.63, 3.8) is 0 Å². The SMILES string of the molecule is O=C1CCC(N2Cc3cc(NC(=O)c4[nH]c5ccccc5c4C4CCCC4)ccc3C2=O)C(=O)N1. The topological polar surface area (TPSA) is 111 Å². The van der Waals surface area contributed by atoms with Gasteiger partial charge < -0.3 is 15.2 Å². The van der Waals surface area contributed by atoms with Crippen LogP contribution in [0.15, 0.2) is 42.5 Å². The largest absolute Gasteiger partial charge is 0.350 e. The van der Waals surface area contributed by atoms with Gasteiger partial charge in [0, 0.05) is 35.1 Å². The van der Waals surface area contributed by atoms with Crippen LogP contribution in [0.25, 0.3) is 10.9 Å². The van der Waals surface area contributed by atoms with E-state index in [9.17, 15) is 19.2 Å². The molecule has 8 heteroatoms. The summed E-state index contributed by atoms with van der Waals surface area (Å²) in [6.45, 7) is 0.268. The first-order chi connectivity index (χ1) is 17.0. The third-order valence-corrected chi connectivity index (χ3v) is 7.52. The molecule has 3 heterocycles. The van der Waals surface area contributed by atoms with Crippen LogP contribution in [0.3, 0.4) is 0 Å². The van der Waals surface area contributed by atoms with Crippen LogP contribution in [0.2, 0.25) is 0 Å². The number of fused-ring (bicyclic) bond motifs is 2. The zero-order valence-corrected chi connectivity index (χ0v) is 19.2. The third kappa shape index (κ3) is 3.69. The lowest BCUT2D eigenvalue weighted by Gasteiger charge is -2.29. The summed E-state index contributed by atoms with van der Waals surface area (Å²) in [5.74, 6) is -0.809. The molecule has 2 aromatic carbocycles. The van der Waals surface area contributed by atoms with Crippen LogP contribution in [0.1, 0.15) is 76.4 Å². The van der Waals surface area contributed by atoms with Gasteiger partial charge in [-0.05, 0) is 60.6 Å². The maximum Gasteiger partial charge on any atom is 0.272 e. The van der Waals surface area contributed by atoms with Crippen LogP contribution in [-0.4, -0.2) is 39.6 Å². The van der Waals surface area contributed by atoms with E-state index in [0.717, 1.165) is 34.9 Å². The molecule has 2 aliphatic heterocycles. The van der Waals surface area contributed by atoms with E-state index in [1.165, 1.54) is 17.7 Å². The normalized spacial score (nSPS) is 20.4. The highest BCUT2D eigenvalue weighted by Gasteiger charge is 2.39. The summed E-state index contributed by atoms with van der Waals surface area (Å²) in [6.07, 6.45) is 5.05.